The lowest BCUT2D eigenvalue weighted by Crippen LogP contribution is -2.31. The van der Waals surface area contributed by atoms with Crippen LogP contribution in [-0.2, 0) is 27.4 Å². The number of carboxylic acid groups (broad SMARTS) is 1. The van der Waals surface area contributed by atoms with Crippen LogP contribution in [0.4, 0.5) is 4.79 Å². The number of aromatic carboxylic acids is 1. The van der Waals surface area contributed by atoms with Gasteiger partial charge in [-0.2, -0.15) is 0 Å². The predicted octanol–water partition coefficient (Wildman–Crippen LogP) is 7.29. The van der Waals surface area contributed by atoms with Crippen LogP contribution in [0, 0.1) is 0 Å². The average molecular weight is 626 g/mol. The van der Waals surface area contributed by atoms with Crippen molar-refractivity contribution in [2.24, 2.45) is 0 Å². The van der Waals surface area contributed by atoms with E-state index in [-0.39, 0.29) is 31.0 Å². The first kappa shape index (κ1) is 32.0. The van der Waals surface area contributed by atoms with E-state index in [4.69, 9.17) is 14.2 Å². The van der Waals surface area contributed by atoms with Crippen LogP contribution in [0.25, 0.3) is 11.1 Å². The fourth-order valence-corrected chi connectivity index (χ4v) is 6.09. The minimum absolute atomic E-state index is 0.0339. The highest BCUT2D eigenvalue weighted by molar-refractivity contribution is 7.99. The third-order valence-corrected chi connectivity index (χ3v) is 8.57. The van der Waals surface area contributed by atoms with E-state index in [2.05, 4.69) is 11.9 Å². The molecular formula is C36H35NO7S. The Kier molecular flexibility index (Phi) is 11.1. The van der Waals surface area contributed by atoms with Crippen LogP contribution in [-0.4, -0.2) is 40.7 Å². The Morgan fingerprint density at radius 2 is 1.67 bits per heavy atom. The van der Waals surface area contributed by atoms with Gasteiger partial charge in [0, 0.05) is 29.2 Å². The summed E-state index contributed by atoms with van der Waals surface area (Å²) in [5.74, 6) is -0.409. The second-order valence-corrected chi connectivity index (χ2v) is 11.6. The first-order valence-electron chi connectivity index (χ1n) is 14.6. The number of carboxylic acids is 1. The van der Waals surface area contributed by atoms with Crippen molar-refractivity contribution in [2.45, 2.75) is 43.0 Å². The molecule has 1 amide bonds. The van der Waals surface area contributed by atoms with Crippen molar-refractivity contribution in [1.82, 2.24) is 5.32 Å². The summed E-state index contributed by atoms with van der Waals surface area (Å²) in [6.45, 7) is 4.00. The number of rotatable bonds is 12. The maximum absolute atomic E-state index is 11.8. The number of hydrogen-bond acceptors (Lipinski definition) is 7. The van der Waals surface area contributed by atoms with Gasteiger partial charge in [-0.3, -0.25) is 0 Å². The van der Waals surface area contributed by atoms with Gasteiger partial charge in [0.15, 0.2) is 6.29 Å². The predicted molar refractivity (Wildman–Crippen MR) is 173 cm³/mol. The van der Waals surface area contributed by atoms with Crippen molar-refractivity contribution in [3.63, 3.8) is 0 Å². The number of alkyl carbamates (subject to hydrolysis) is 1. The molecule has 0 spiro atoms. The minimum Gasteiger partial charge on any atom is -0.478 e. The van der Waals surface area contributed by atoms with Gasteiger partial charge in [-0.15, -0.1) is 11.8 Å². The molecule has 232 valence electrons. The lowest BCUT2D eigenvalue weighted by Gasteiger charge is -2.36. The van der Waals surface area contributed by atoms with E-state index in [1.165, 1.54) is 17.8 Å². The molecule has 8 nitrogen and oxygen atoms in total. The lowest BCUT2D eigenvalue weighted by atomic mass is 9.99. The molecule has 1 saturated heterocycles. The second kappa shape index (κ2) is 15.5. The highest BCUT2D eigenvalue weighted by Gasteiger charge is 2.32. The minimum atomic E-state index is -0.960. The van der Waals surface area contributed by atoms with Crippen LogP contribution in [0.15, 0.2) is 115 Å². The molecule has 0 aromatic heterocycles. The molecule has 4 aromatic rings. The summed E-state index contributed by atoms with van der Waals surface area (Å²) in [5.41, 5.74) is 5.87. The van der Waals surface area contributed by atoms with E-state index >= 15 is 0 Å². The summed E-state index contributed by atoms with van der Waals surface area (Å²) in [7, 11) is 0. The highest BCUT2D eigenvalue weighted by Crippen LogP contribution is 2.40. The molecule has 1 heterocycles. The summed E-state index contributed by atoms with van der Waals surface area (Å²) in [6, 6.07) is 30.6. The Hall–Kier alpha value is -4.41. The Labute approximate surface area is 266 Å². The highest BCUT2D eigenvalue weighted by atomic mass is 32.2. The van der Waals surface area contributed by atoms with Crippen LogP contribution in [0.2, 0.25) is 0 Å². The molecule has 0 bridgehead atoms. The lowest BCUT2D eigenvalue weighted by molar-refractivity contribution is -0.245. The van der Waals surface area contributed by atoms with Gasteiger partial charge in [0.25, 0.3) is 0 Å². The maximum Gasteiger partial charge on any atom is 0.407 e. The Bertz CT molecular complexity index is 1610. The van der Waals surface area contributed by atoms with Gasteiger partial charge < -0.3 is 29.7 Å². The molecule has 1 aliphatic heterocycles. The maximum atomic E-state index is 11.8. The van der Waals surface area contributed by atoms with Gasteiger partial charge in [0.2, 0.25) is 0 Å². The summed E-state index contributed by atoms with van der Waals surface area (Å²) in [4.78, 5) is 24.2. The topological polar surface area (TPSA) is 114 Å². The van der Waals surface area contributed by atoms with Gasteiger partial charge in [-0.25, -0.2) is 9.59 Å². The first-order valence-corrected chi connectivity index (χ1v) is 15.6. The molecule has 0 saturated carbocycles. The molecule has 1 fully saturated rings. The number of amides is 1. The molecule has 9 heteroatoms. The zero-order valence-corrected chi connectivity index (χ0v) is 25.5. The van der Waals surface area contributed by atoms with Crippen LogP contribution in [0.1, 0.15) is 51.4 Å². The SMILES string of the molecule is C=CCOC(=O)NCc1cccc(-c2ccc(C3OC(CSc4ccccc4C(=O)O)CC(c4ccc(CO)cc4)O3)cc2)c1. The third-order valence-electron chi connectivity index (χ3n) is 7.37. The number of nitrogens with one attached hydrogen (secondary N) is 1. The molecule has 0 aliphatic carbocycles. The largest absolute Gasteiger partial charge is 0.478 e. The molecule has 5 rings (SSSR count). The van der Waals surface area contributed by atoms with Crippen molar-refractivity contribution in [3.8, 4) is 11.1 Å². The summed E-state index contributed by atoms with van der Waals surface area (Å²) >= 11 is 1.46. The van der Waals surface area contributed by atoms with Crippen molar-refractivity contribution in [3.05, 3.63) is 138 Å². The number of benzene rings is 4. The molecule has 4 aromatic carbocycles. The van der Waals surface area contributed by atoms with E-state index in [0.717, 1.165) is 33.4 Å². The number of carbonyl (C=O) groups is 2. The van der Waals surface area contributed by atoms with Crippen molar-refractivity contribution < 1.29 is 34.0 Å². The molecule has 3 atom stereocenters. The van der Waals surface area contributed by atoms with Crippen molar-refractivity contribution >= 4 is 23.8 Å². The summed E-state index contributed by atoms with van der Waals surface area (Å²) in [5, 5.41) is 21.8. The molecule has 0 radical (unpaired) electrons. The third kappa shape index (κ3) is 8.61. The Morgan fingerprint density at radius 1 is 0.911 bits per heavy atom. The van der Waals surface area contributed by atoms with Gasteiger partial charge in [0.1, 0.15) is 6.61 Å². The van der Waals surface area contributed by atoms with Gasteiger partial charge in [-0.05, 0) is 46.0 Å². The van der Waals surface area contributed by atoms with Crippen molar-refractivity contribution in [1.29, 1.82) is 0 Å². The number of carbonyl (C=O) groups excluding carboxylic acids is 1. The van der Waals surface area contributed by atoms with Gasteiger partial charge in [-0.1, -0.05) is 91.5 Å². The normalized spacial score (nSPS) is 17.8. The van der Waals surface area contributed by atoms with E-state index in [9.17, 15) is 19.8 Å². The van der Waals surface area contributed by atoms with Crippen molar-refractivity contribution in [2.75, 3.05) is 12.4 Å². The summed E-state index contributed by atoms with van der Waals surface area (Å²) < 4.78 is 17.9. The molecule has 45 heavy (non-hydrogen) atoms. The number of aliphatic hydroxyl groups is 1. The van der Waals surface area contributed by atoms with Crippen LogP contribution >= 0.6 is 11.8 Å². The van der Waals surface area contributed by atoms with E-state index in [1.54, 1.807) is 12.1 Å². The number of hydrogen-bond donors (Lipinski definition) is 3. The molecule has 3 unspecified atom stereocenters. The van der Waals surface area contributed by atoms with Crippen LogP contribution < -0.4 is 5.32 Å². The zero-order valence-electron chi connectivity index (χ0n) is 24.6. The monoisotopic (exact) mass is 625 g/mol. The molecular weight excluding hydrogens is 590 g/mol. The number of aliphatic hydroxyl groups excluding tert-OH is 1. The standard InChI is InChI=1S/C36H35NO7S/c1-2-18-42-36(41)37-21-25-6-5-7-29(19-25)26-14-16-28(17-15-26)35-43-30(23-45-33-9-4-3-8-31(33)34(39)40)20-32(44-35)27-12-10-24(22-38)11-13-27/h2-17,19,30,32,35,38H,1,18,20-23H2,(H,37,41)(H,39,40). The fraction of sp³-hybridized carbons (Fsp3) is 0.222. The number of thioether (sulfide) groups is 1. The average Bonchev–Trinajstić information content (AvgIpc) is 3.09. The number of ether oxygens (including phenoxy) is 3. The summed E-state index contributed by atoms with van der Waals surface area (Å²) in [6.07, 6.45) is 0.523. The Morgan fingerprint density at radius 3 is 2.40 bits per heavy atom. The zero-order chi connectivity index (χ0) is 31.6. The molecule has 3 N–H and O–H groups in total. The van der Waals surface area contributed by atoms with Crippen LogP contribution in [0.3, 0.4) is 0 Å². The Balaban J connectivity index is 1.31. The van der Waals surface area contributed by atoms with Gasteiger partial charge >= 0.3 is 12.1 Å². The molecule has 1 aliphatic rings. The smallest absolute Gasteiger partial charge is 0.407 e. The van der Waals surface area contributed by atoms with E-state index < -0.39 is 18.4 Å². The van der Waals surface area contributed by atoms with E-state index in [0.29, 0.717) is 23.6 Å². The van der Waals surface area contributed by atoms with E-state index in [1.807, 2.05) is 84.9 Å². The van der Waals surface area contributed by atoms with Crippen LogP contribution in [0.5, 0.6) is 0 Å². The van der Waals surface area contributed by atoms with Gasteiger partial charge in [0.05, 0.1) is 24.4 Å². The second-order valence-electron chi connectivity index (χ2n) is 10.5. The quantitative estimate of drug-likeness (QED) is 0.111. The fourth-order valence-electron chi connectivity index (χ4n) is 5.03. The first-order chi connectivity index (χ1) is 21.9.